The van der Waals surface area contributed by atoms with E-state index in [4.69, 9.17) is 4.74 Å². The van der Waals surface area contributed by atoms with Gasteiger partial charge >= 0.3 is 0 Å². The Labute approximate surface area is 151 Å². The average molecular weight is 355 g/mol. The number of piperazine rings is 1. The first kappa shape index (κ1) is 17.7. The summed E-state index contributed by atoms with van der Waals surface area (Å²) in [5, 5.41) is 11.3. The maximum Gasteiger partial charge on any atom is 0.285 e. The molecule has 136 valence electrons. The first-order valence-corrected chi connectivity index (χ1v) is 8.43. The molecule has 0 radical (unpaired) electrons. The second-order valence-corrected chi connectivity index (χ2v) is 6.21. The van der Waals surface area contributed by atoms with Gasteiger partial charge in [0.05, 0.1) is 12.0 Å². The number of rotatable bonds is 4. The molecule has 0 aliphatic carbocycles. The van der Waals surface area contributed by atoms with Crippen molar-refractivity contribution in [3.8, 4) is 5.75 Å². The molecule has 1 fully saturated rings. The molecule has 0 unspecified atom stereocenters. The zero-order chi connectivity index (χ0) is 18.7. The SMILES string of the molecule is COc1cccc(N2CCN(C(=O)c3cccc(C)c3[N+](=O)[O-])CC2)c1. The van der Waals surface area contributed by atoms with Crippen LogP contribution in [-0.4, -0.2) is 49.0 Å². The molecule has 1 aliphatic rings. The molecule has 3 rings (SSSR count). The van der Waals surface area contributed by atoms with Crippen molar-refractivity contribution in [3.63, 3.8) is 0 Å². The van der Waals surface area contributed by atoms with Crippen LogP contribution in [0.2, 0.25) is 0 Å². The Kier molecular flexibility index (Phi) is 5.06. The molecule has 7 nitrogen and oxygen atoms in total. The molecule has 0 atom stereocenters. The highest BCUT2D eigenvalue weighted by atomic mass is 16.6. The molecule has 1 heterocycles. The molecule has 7 heteroatoms. The predicted molar refractivity (Wildman–Crippen MR) is 98.9 cm³/mol. The van der Waals surface area contributed by atoms with Gasteiger partial charge in [-0.3, -0.25) is 14.9 Å². The van der Waals surface area contributed by atoms with Gasteiger partial charge in [-0.1, -0.05) is 18.2 Å². The highest BCUT2D eigenvalue weighted by Gasteiger charge is 2.28. The Morgan fingerprint density at radius 3 is 2.46 bits per heavy atom. The first-order chi connectivity index (χ1) is 12.5. The van der Waals surface area contributed by atoms with Gasteiger partial charge in [-0.15, -0.1) is 0 Å². The Morgan fingerprint density at radius 2 is 1.81 bits per heavy atom. The molecule has 26 heavy (non-hydrogen) atoms. The van der Waals surface area contributed by atoms with Crippen LogP contribution < -0.4 is 9.64 Å². The van der Waals surface area contributed by atoms with Gasteiger partial charge in [-0.05, 0) is 25.1 Å². The van der Waals surface area contributed by atoms with E-state index in [1.54, 1.807) is 31.1 Å². The minimum absolute atomic E-state index is 0.104. The molecule has 0 bridgehead atoms. The molecule has 0 aromatic heterocycles. The van der Waals surface area contributed by atoms with Crippen LogP contribution in [0.25, 0.3) is 0 Å². The fraction of sp³-hybridized carbons (Fsp3) is 0.316. The van der Waals surface area contributed by atoms with Crippen LogP contribution in [0.5, 0.6) is 5.75 Å². The fourth-order valence-corrected chi connectivity index (χ4v) is 3.22. The number of amides is 1. The molecular weight excluding hydrogens is 334 g/mol. The van der Waals surface area contributed by atoms with Crippen molar-refractivity contribution in [2.45, 2.75) is 6.92 Å². The third-order valence-corrected chi connectivity index (χ3v) is 4.64. The van der Waals surface area contributed by atoms with Gasteiger partial charge in [0, 0.05) is 43.5 Å². The minimum Gasteiger partial charge on any atom is -0.497 e. The molecule has 1 aliphatic heterocycles. The first-order valence-electron chi connectivity index (χ1n) is 8.43. The van der Waals surface area contributed by atoms with Gasteiger partial charge in [0.1, 0.15) is 11.3 Å². The lowest BCUT2D eigenvalue weighted by atomic mass is 10.1. The van der Waals surface area contributed by atoms with E-state index >= 15 is 0 Å². The van der Waals surface area contributed by atoms with Crippen LogP contribution in [0.4, 0.5) is 11.4 Å². The van der Waals surface area contributed by atoms with Crippen LogP contribution in [0, 0.1) is 17.0 Å². The number of para-hydroxylation sites is 1. The summed E-state index contributed by atoms with van der Waals surface area (Å²) in [5.41, 5.74) is 1.59. The maximum absolute atomic E-state index is 12.8. The second-order valence-electron chi connectivity index (χ2n) is 6.21. The van der Waals surface area contributed by atoms with E-state index in [9.17, 15) is 14.9 Å². The number of ether oxygens (including phenoxy) is 1. The van der Waals surface area contributed by atoms with Gasteiger partial charge in [0.15, 0.2) is 0 Å². The van der Waals surface area contributed by atoms with Crippen LogP contribution in [0.15, 0.2) is 42.5 Å². The number of methoxy groups -OCH3 is 1. The normalized spacial score (nSPS) is 14.2. The molecule has 2 aromatic rings. The third kappa shape index (κ3) is 3.46. The van der Waals surface area contributed by atoms with E-state index in [0.29, 0.717) is 31.7 Å². The van der Waals surface area contributed by atoms with Crippen LogP contribution >= 0.6 is 0 Å². The standard InChI is InChI=1S/C19H21N3O4/c1-14-5-3-8-17(18(14)22(24)25)19(23)21-11-9-20(10-12-21)15-6-4-7-16(13-15)26-2/h3-8,13H,9-12H2,1-2H3. The largest absolute Gasteiger partial charge is 0.497 e. The van der Waals surface area contributed by atoms with E-state index in [0.717, 1.165) is 11.4 Å². The van der Waals surface area contributed by atoms with Gasteiger partial charge in [-0.2, -0.15) is 0 Å². The number of nitro benzene ring substituents is 1. The summed E-state index contributed by atoms with van der Waals surface area (Å²) in [6.07, 6.45) is 0. The van der Waals surface area contributed by atoms with Crippen LogP contribution in [0.1, 0.15) is 15.9 Å². The molecular formula is C19H21N3O4. The summed E-state index contributed by atoms with van der Waals surface area (Å²) in [4.78, 5) is 27.5. The number of aryl methyl sites for hydroxylation is 1. The quantitative estimate of drug-likeness (QED) is 0.623. The van der Waals surface area contributed by atoms with Crippen molar-refractivity contribution in [3.05, 3.63) is 63.7 Å². The van der Waals surface area contributed by atoms with E-state index < -0.39 is 4.92 Å². The van der Waals surface area contributed by atoms with Gasteiger partial charge in [0.25, 0.3) is 11.6 Å². The average Bonchev–Trinajstić information content (AvgIpc) is 2.67. The van der Waals surface area contributed by atoms with Crippen molar-refractivity contribution in [1.82, 2.24) is 4.90 Å². The number of carbonyl (C=O) groups excluding carboxylic acids is 1. The summed E-state index contributed by atoms with van der Waals surface area (Å²) < 4.78 is 5.25. The summed E-state index contributed by atoms with van der Waals surface area (Å²) >= 11 is 0. The second kappa shape index (κ2) is 7.43. The monoisotopic (exact) mass is 355 g/mol. The molecule has 1 saturated heterocycles. The van der Waals surface area contributed by atoms with E-state index in [-0.39, 0.29) is 17.2 Å². The van der Waals surface area contributed by atoms with Crippen molar-refractivity contribution in [2.24, 2.45) is 0 Å². The Balaban J connectivity index is 1.73. The van der Waals surface area contributed by atoms with E-state index in [1.807, 2.05) is 24.3 Å². The van der Waals surface area contributed by atoms with Crippen molar-refractivity contribution >= 4 is 17.3 Å². The lowest BCUT2D eigenvalue weighted by Gasteiger charge is -2.36. The molecule has 1 amide bonds. The van der Waals surface area contributed by atoms with Crippen molar-refractivity contribution < 1.29 is 14.5 Å². The third-order valence-electron chi connectivity index (χ3n) is 4.64. The molecule has 0 saturated carbocycles. The number of nitrogens with zero attached hydrogens (tertiary/aromatic N) is 3. The van der Waals surface area contributed by atoms with E-state index in [2.05, 4.69) is 4.90 Å². The number of benzene rings is 2. The summed E-state index contributed by atoms with van der Waals surface area (Å²) in [7, 11) is 1.63. The number of carbonyl (C=O) groups is 1. The highest BCUT2D eigenvalue weighted by Crippen LogP contribution is 2.26. The zero-order valence-corrected chi connectivity index (χ0v) is 14.8. The Hall–Kier alpha value is -3.09. The van der Waals surface area contributed by atoms with Gasteiger partial charge < -0.3 is 14.5 Å². The highest BCUT2D eigenvalue weighted by molar-refractivity contribution is 5.98. The fourth-order valence-electron chi connectivity index (χ4n) is 3.22. The Bertz CT molecular complexity index is 829. The number of hydrogen-bond donors (Lipinski definition) is 0. The van der Waals surface area contributed by atoms with Gasteiger partial charge in [0.2, 0.25) is 0 Å². The minimum atomic E-state index is -0.477. The lowest BCUT2D eigenvalue weighted by molar-refractivity contribution is -0.385. The topological polar surface area (TPSA) is 75.9 Å². The van der Waals surface area contributed by atoms with Crippen LogP contribution in [-0.2, 0) is 0 Å². The maximum atomic E-state index is 12.8. The van der Waals surface area contributed by atoms with Gasteiger partial charge in [-0.25, -0.2) is 0 Å². The van der Waals surface area contributed by atoms with Crippen LogP contribution in [0.3, 0.4) is 0 Å². The molecule has 0 spiro atoms. The van der Waals surface area contributed by atoms with E-state index in [1.165, 1.54) is 6.07 Å². The zero-order valence-electron chi connectivity index (χ0n) is 14.8. The van der Waals surface area contributed by atoms with Crippen molar-refractivity contribution in [1.29, 1.82) is 0 Å². The summed E-state index contributed by atoms with van der Waals surface area (Å²) in [6.45, 7) is 4.01. The molecule has 0 N–H and O–H groups in total. The number of nitro groups is 1. The summed E-state index contributed by atoms with van der Waals surface area (Å²) in [6, 6.07) is 12.6. The van der Waals surface area contributed by atoms with Crippen molar-refractivity contribution in [2.75, 3.05) is 38.2 Å². The Morgan fingerprint density at radius 1 is 1.12 bits per heavy atom. The smallest absolute Gasteiger partial charge is 0.285 e. The lowest BCUT2D eigenvalue weighted by Crippen LogP contribution is -2.48. The molecule has 2 aromatic carbocycles. The summed E-state index contributed by atoms with van der Waals surface area (Å²) in [5.74, 6) is 0.502. The number of anilines is 1. The predicted octanol–water partition coefficient (Wildman–Crippen LogP) is 2.87. The number of hydrogen-bond acceptors (Lipinski definition) is 5.